The lowest BCUT2D eigenvalue weighted by Crippen LogP contribution is -2.25. The average molecular weight is 529 g/mol. The number of nitrogens with one attached hydrogen (secondary N) is 1. The maximum absolute atomic E-state index is 12.7. The molecule has 3 aromatic carbocycles. The molecular formula is C27H23F3N2O2S2. The lowest BCUT2D eigenvalue weighted by atomic mass is 10.1. The van der Waals surface area contributed by atoms with Crippen LogP contribution in [0.5, 0.6) is 5.75 Å². The third kappa shape index (κ3) is 7.18. The Morgan fingerprint density at radius 1 is 1.08 bits per heavy atom. The minimum Gasteiger partial charge on any atom is -0.497 e. The Hall–Kier alpha value is -3.17. The second-order valence-electron chi connectivity index (χ2n) is 7.91. The van der Waals surface area contributed by atoms with E-state index in [1.807, 2.05) is 48.5 Å². The van der Waals surface area contributed by atoms with E-state index in [0.717, 1.165) is 45.2 Å². The summed E-state index contributed by atoms with van der Waals surface area (Å²) in [5.41, 5.74) is 2.10. The Labute approximate surface area is 216 Å². The molecule has 1 heterocycles. The zero-order chi connectivity index (χ0) is 25.5. The van der Waals surface area contributed by atoms with Crippen molar-refractivity contribution in [1.29, 1.82) is 0 Å². The van der Waals surface area contributed by atoms with E-state index in [4.69, 9.17) is 4.74 Å². The number of benzene rings is 3. The SMILES string of the molecule is COc1ccc(C2CSC(NC(=O)/C=C/c3ccc(SCc4ccc(C(F)(F)F)cc4)cc3)=N2)cc1. The monoisotopic (exact) mass is 528 g/mol. The third-order valence-electron chi connectivity index (χ3n) is 5.38. The fourth-order valence-corrected chi connectivity index (χ4v) is 5.20. The highest BCUT2D eigenvalue weighted by molar-refractivity contribution is 8.14. The molecule has 0 aromatic heterocycles. The predicted molar refractivity (Wildman–Crippen MR) is 140 cm³/mol. The maximum atomic E-state index is 12.7. The molecule has 1 atom stereocenters. The van der Waals surface area contributed by atoms with Gasteiger partial charge in [0.2, 0.25) is 5.91 Å². The summed E-state index contributed by atoms with van der Waals surface area (Å²) in [6, 6.07) is 20.6. The molecule has 9 heteroatoms. The van der Waals surface area contributed by atoms with Crippen LogP contribution in [0.3, 0.4) is 0 Å². The van der Waals surface area contributed by atoms with Crippen LogP contribution in [-0.2, 0) is 16.7 Å². The van der Waals surface area contributed by atoms with Crippen LogP contribution >= 0.6 is 23.5 Å². The van der Waals surface area contributed by atoms with Crippen LogP contribution in [0.2, 0.25) is 0 Å². The van der Waals surface area contributed by atoms with Crippen molar-refractivity contribution in [2.45, 2.75) is 22.9 Å². The van der Waals surface area contributed by atoms with Crippen molar-refractivity contribution in [2.24, 2.45) is 4.99 Å². The molecule has 0 saturated carbocycles. The van der Waals surface area contributed by atoms with Crippen molar-refractivity contribution in [2.75, 3.05) is 12.9 Å². The molecule has 1 aliphatic rings. The van der Waals surface area contributed by atoms with E-state index in [9.17, 15) is 18.0 Å². The second-order valence-corrected chi connectivity index (χ2v) is 9.97. The molecule has 1 unspecified atom stereocenters. The highest BCUT2D eigenvalue weighted by Crippen LogP contribution is 2.31. The summed E-state index contributed by atoms with van der Waals surface area (Å²) < 4.78 is 43.2. The highest BCUT2D eigenvalue weighted by Gasteiger charge is 2.29. The van der Waals surface area contributed by atoms with Crippen molar-refractivity contribution in [3.8, 4) is 5.75 Å². The first-order chi connectivity index (χ1) is 17.3. The van der Waals surface area contributed by atoms with Gasteiger partial charge in [0.1, 0.15) is 5.75 Å². The van der Waals surface area contributed by atoms with Crippen LogP contribution in [0, 0.1) is 0 Å². The molecule has 186 valence electrons. The van der Waals surface area contributed by atoms with Gasteiger partial charge in [-0.25, -0.2) is 0 Å². The lowest BCUT2D eigenvalue weighted by molar-refractivity contribution is -0.137. The molecule has 0 fully saturated rings. The van der Waals surface area contributed by atoms with Gasteiger partial charge in [0.25, 0.3) is 0 Å². The number of carbonyl (C=O) groups excluding carboxylic acids is 1. The van der Waals surface area contributed by atoms with Gasteiger partial charge in [-0.3, -0.25) is 9.79 Å². The largest absolute Gasteiger partial charge is 0.497 e. The molecule has 0 saturated heterocycles. The van der Waals surface area contributed by atoms with Crippen LogP contribution in [0.15, 0.2) is 88.8 Å². The molecule has 4 nitrogen and oxygen atoms in total. The lowest BCUT2D eigenvalue weighted by Gasteiger charge is -2.07. The van der Waals surface area contributed by atoms with E-state index < -0.39 is 11.7 Å². The summed E-state index contributed by atoms with van der Waals surface area (Å²) in [5, 5.41) is 3.42. The Bertz CT molecular complexity index is 1240. The minimum absolute atomic E-state index is 0.00666. The van der Waals surface area contributed by atoms with E-state index >= 15 is 0 Å². The number of amidine groups is 1. The van der Waals surface area contributed by atoms with Gasteiger partial charge in [0, 0.05) is 22.5 Å². The quantitative estimate of drug-likeness (QED) is 0.266. The second kappa shape index (κ2) is 11.7. The predicted octanol–water partition coefficient (Wildman–Crippen LogP) is 6.98. The van der Waals surface area contributed by atoms with Gasteiger partial charge in [0.15, 0.2) is 5.17 Å². The van der Waals surface area contributed by atoms with Crippen molar-refractivity contribution in [1.82, 2.24) is 5.32 Å². The number of thioether (sulfide) groups is 2. The van der Waals surface area contributed by atoms with Crippen LogP contribution in [-0.4, -0.2) is 23.9 Å². The van der Waals surface area contributed by atoms with E-state index in [1.165, 1.54) is 41.7 Å². The van der Waals surface area contributed by atoms with E-state index in [2.05, 4.69) is 10.3 Å². The third-order valence-corrected chi connectivity index (χ3v) is 7.42. The number of nitrogens with zero attached hydrogens (tertiary/aromatic N) is 1. The normalized spacial score (nSPS) is 15.7. The van der Waals surface area contributed by atoms with Crippen molar-refractivity contribution in [3.05, 3.63) is 101 Å². The first-order valence-corrected chi connectivity index (χ1v) is 13.0. The number of amides is 1. The fourth-order valence-electron chi connectivity index (χ4n) is 3.39. The first-order valence-electron chi connectivity index (χ1n) is 11.0. The number of ether oxygens (including phenoxy) is 1. The number of hydrogen-bond acceptors (Lipinski definition) is 5. The topological polar surface area (TPSA) is 50.7 Å². The number of rotatable bonds is 7. The number of alkyl halides is 3. The Kier molecular flexibility index (Phi) is 8.43. The van der Waals surface area contributed by atoms with Gasteiger partial charge >= 0.3 is 6.18 Å². The summed E-state index contributed by atoms with van der Waals surface area (Å²) in [4.78, 5) is 17.9. The summed E-state index contributed by atoms with van der Waals surface area (Å²) in [6.07, 6.45) is -1.14. The molecule has 36 heavy (non-hydrogen) atoms. The number of methoxy groups -OCH3 is 1. The van der Waals surface area contributed by atoms with Crippen molar-refractivity contribution < 1.29 is 22.7 Å². The van der Waals surface area contributed by atoms with Crippen molar-refractivity contribution in [3.63, 3.8) is 0 Å². The van der Waals surface area contributed by atoms with Gasteiger partial charge in [0.05, 0.1) is 18.7 Å². The smallest absolute Gasteiger partial charge is 0.416 e. The van der Waals surface area contributed by atoms with Crippen LogP contribution in [0.4, 0.5) is 13.2 Å². The van der Waals surface area contributed by atoms with Gasteiger partial charge in [-0.05, 0) is 59.2 Å². The minimum atomic E-state index is -4.32. The maximum Gasteiger partial charge on any atom is 0.416 e. The summed E-state index contributed by atoms with van der Waals surface area (Å²) in [5.74, 6) is 1.86. The first kappa shape index (κ1) is 25.9. The highest BCUT2D eigenvalue weighted by atomic mass is 32.2. The molecule has 0 spiro atoms. The molecular weight excluding hydrogens is 505 g/mol. The molecule has 1 N–H and O–H groups in total. The van der Waals surface area contributed by atoms with Gasteiger partial charge in [-0.1, -0.05) is 48.2 Å². The Balaban J connectivity index is 1.26. The average Bonchev–Trinajstić information content (AvgIpc) is 3.35. The Morgan fingerprint density at radius 3 is 2.42 bits per heavy atom. The Morgan fingerprint density at radius 2 is 1.78 bits per heavy atom. The fraction of sp³-hybridized carbons (Fsp3) is 0.185. The zero-order valence-corrected chi connectivity index (χ0v) is 20.9. The molecule has 0 bridgehead atoms. The van der Waals surface area contributed by atoms with E-state index in [1.54, 1.807) is 13.2 Å². The van der Waals surface area contributed by atoms with Gasteiger partial charge in [-0.15, -0.1) is 11.8 Å². The molecule has 0 radical (unpaired) electrons. The van der Waals surface area contributed by atoms with E-state index in [-0.39, 0.29) is 11.9 Å². The number of hydrogen-bond donors (Lipinski definition) is 1. The number of carbonyl (C=O) groups is 1. The molecule has 1 aliphatic heterocycles. The number of halogens is 3. The molecule has 1 amide bonds. The van der Waals surface area contributed by atoms with Crippen LogP contribution in [0.25, 0.3) is 6.08 Å². The van der Waals surface area contributed by atoms with E-state index in [0.29, 0.717) is 10.9 Å². The standard InChI is InChI=1S/C27H23F3N2O2S2/c1-34-22-11-7-20(8-12-22)24-17-36-26(31-24)32-25(33)15-6-18-4-13-23(14-5-18)35-16-19-2-9-21(10-3-19)27(28,29)30/h2-15,24H,16-17H2,1H3,(H,31,32,33)/b15-6+. The van der Waals surface area contributed by atoms with Gasteiger partial charge < -0.3 is 10.1 Å². The molecule has 4 rings (SSSR count). The molecule has 3 aromatic rings. The summed E-state index contributed by atoms with van der Waals surface area (Å²) in [6.45, 7) is 0. The van der Waals surface area contributed by atoms with Crippen LogP contribution in [0.1, 0.15) is 28.3 Å². The van der Waals surface area contributed by atoms with Gasteiger partial charge in [-0.2, -0.15) is 13.2 Å². The summed E-state index contributed by atoms with van der Waals surface area (Å²) >= 11 is 3.04. The van der Waals surface area contributed by atoms with Crippen LogP contribution < -0.4 is 10.1 Å². The summed E-state index contributed by atoms with van der Waals surface area (Å²) in [7, 11) is 1.63. The molecule has 0 aliphatic carbocycles. The zero-order valence-electron chi connectivity index (χ0n) is 19.3. The van der Waals surface area contributed by atoms with Crippen molar-refractivity contribution >= 4 is 40.7 Å². The number of aliphatic imine (C=N–C) groups is 1.